The molecule has 0 aromatic heterocycles. The van der Waals surface area contributed by atoms with E-state index in [1.54, 1.807) is 0 Å². The first-order valence-electron chi connectivity index (χ1n) is 31.1. The van der Waals surface area contributed by atoms with Crippen LogP contribution in [0.3, 0.4) is 0 Å². The summed E-state index contributed by atoms with van der Waals surface area (Å²) in [5.41, 5.74) is 15.5. The van der Waals surface area contributed by atoms with Gasteiger partial charge in [0.05, 0.1) is 29.6 Å². The third kappa shape index (κ3) is 14.4. The summed E-state index contributed by atoms with van der Waals surface area (Å²) in [7, 11) is -17.1. The molecule has 10 nitrogen and oxygen atoms in total. The number of nitro benzene ring substituents is 2. The van der Waals surface area contributed by atoms with E-state index in [9.17, 15) is 70.6 Å². The van der Waals surface area contributed by atoms with Crippen LogP contribution in [0, 0.1) is 20.2 Å². The van der Waals surface area contributed by atoms with Crippen molar-refractivity contribution >= 4 is 115 Å². The Bertz CT molecular complexity index is 4310. The predicted octanol–water partition coefficient (Wildman–Crippen LogP) is 24.8. The molecule has 7 aromatic carbocycles. The summed E-state index contributed by atoms with van der Waals surface area (Å²) in [6.07, 6.45) is 24.2. The zero-order valence-corrected chi connectivity index (χ0v) is 58.0. The molecule has 0 bridgehead atoms. The van der Waals surface area contributed by atoms with Crippen LogP contribution in [0.4, 0.5) is 84.5 Å². The molecule has 510 valence electrons. The number of nitro groups is 2. The van der Waals surface area contributed by atoms with Crippen LogP contribution in [0.2, 0.25) is 0 Å². The topological polar surface area (TPSA) is 98.8 Å². The average molecular weight is 1510 g/mol. The van der Waals surface area contributed by atoms with Crippen molar-refractivity contribution in [3.63, 3.8) is 0 Å². The molecule has 4 aliphatic heterocycles. The van der Waals surface area contributed by atoms with Crippen LogP contribution in [-0.2, 0) is 34.7 Å². The van der Waals surface area contributed by atoms with E-state index in [2.05, 4.69) is 226 Å². The van der Waals surface area contributed by atoms with Crippen molar-refractivity contribution in [3.8, 4) is 0 Å². The summed E-state index contributed by atoms with van der Waals surface area (Å²) in [4.78, 5) is 28.5. The number of anilines is 2. The van der Waals surface area contributed by atoms with Gasteiger partial charge in [-0.05, 0) is 154 Å². The molecule has 0 amide bonds. The molecule has 6 aliphatic rings. The van der Waals surface area contributed by atoms with E-state index in [0.29, 0.717) is 22.0 Å². The number of fused-ring (bicyclic) bond motifs is 10. The van der Waals surface area contributed by atoms with Gasteiger partial charge >= 0.3 is 66.0 Å². The van der Waals surface area contributed by atoms with Crippen molar-refractivity contribution in [1.82, 2.24) is 0 Å². The van der Waals surface area contributed by atoms with Crippen molar-refractivity contribution in [1.29, 1.82) is 0 Å². The molecule has 4 heterocycles. The van der Waals surface area contributed by atoms with Gasteiger partial charge in [-0.1, -0.05) is 123 Å². The minimum absolute atomic E-state index is 0.120. The Kier molecular flexibility index (Phi) is 16.9. The fourth-order valence-electron chi connectivity index (χ4n) is 15.8. The first-order chi connectivity index (χ1) is 44.3. The summed E-state index contributed by atoms with van der Waals surface area (Å²) in [6, 6.07) is 43.4. The fraction of sp³-hybridized carbons (Fsp3) is 0.314. The SMILES string of the molecule is CN1/C(=C/C=C/C2=[N+](Cc3ccc(C[N+]4=C(/C=C/C=C5/N(C)c6cc(Br)c([N+](=O)[O-])cc6C56CCCCC6)C(C)(C)c5c4ccc4ccccc54)cc3)c3ccc4ccccc4c3C2(C)C)C2(CCCCC2)c2cc([N+](=O)[O-])c(Br)cc21.F[P-](F)(F)(F)(F)F.F[P-](F)(F)(F)(F)F. The summed E-state index contributed by atoms with van der Waals surface area (Å²) < 4.78 is 124. The maximum atomic E-state index is 12.2. The van der Waals surface area contributed by atoms with Crippen LogP contribution < -0.4 is 9.80 Å². The number of allylic oxidation sites excluding steroid dienone is 8. The number of hydrogen-bond acceptors (Lipinski definition) is 6. The van der Waals surface area contributed by atoms with Crippen LogP contribution in [0.1, 0.15) is 125 Å². The van der Waals surface area contributed by atoms with Crippen molar-refractivity contribution in [3.05, 3.63) is 232 Å². The van der Waals surface area contributed by atoms with E-state index in [1.807, 2.05) is 24.3 Å². The van der Waals surface area contributed by atoms with Crippen LogP contribution >= 0.6 is 47.5 Å². The van der Waals surface area contributed by atoms with Gasteiger partial charge in [-0.15, -0.1) is 0 Å². The monoisotopic (exact) mass is 1500 g/mol. The zero-order chi connectivity index (χ0) is 69.9. The molecule has 0 atom stereocenters. The van der Waals surface area contributed by atoms with Crippen LogP contribution in [0.25, 0.3) is 21.5 Å². The van der Waals surface area contributed by atoms with Gasteiger partial charge in [0, 0.05) is 106 Å². The third-order valence-corrected chi connectivity index (χ3v) is 20.9. The second-order valence-electron chi connectivity index (χ2n) is 26.7. The summed E-state index contributed by atoms with van der Waals surface area (Å²) >= 11 is 7.07. The Morgan fingerprint density at radius 2 is 0.812 bits per heavy atom. The first kappa shape index (κ1) is 70.1. The first-order valence-corrected chi connectivity index (χ1v) is 36.8. The number of likely N-dealkylation sites (N-methyl/N-ethyl adjacent to an activating group) is 2. The molecular weight excluding hydrogens is 1440 g/mol. The molecule has 0 radical (unpaired) electrons. The van der Waals surface area contributed by atoms with Crippen molar-refractivity contribution in [2.45, 2.75) is 127 Å². The average Bonchev–Trinajstić information content (AvgIpc) is 1.58. The van der Waals surface area contributed by atoms with E-state index in [0.717, 1.165) is 73.9 Å². The minimum atomic E-state index is -10.7. The van der Waals surface area contributed by atoms with E-state index in [-0.39, 0.29) is 42.9 Å². The standard InChI is InChI=1S/C70H68Br2N6O4.2F6P/c1-67(2)61(23-17-25-63-69(35-13-7-14-36-69)51-39-59(77(79)80)53(71)41-57(51)73(63)5)75(55-33-31-47-19-9-11-21-49(47)65(55)67)43-45-27-29-46(30-28-45)44-76-56-34-32-48-20-10-12-22-50(48)66(56)68(3,4)62(76)24-18-26-64-70(37-15-8-16-38-70)52-40-60(78(81)82)54(72)42-58(52)74(64)6;2*1-7(2,3,4,5)6/h9-12,17-34,39-42H,7-8,13-16,35-38,43-44H2,1-6H3;;/q+2;2*-1. The van der Waals surface area contributed by atoms with E-state index >= 15 is 0 Å². The maximum absolute atomic E-state index is 12.2. The third-order valence-electron chi connectivity index (χ3n) is 19.6. The van der Waals surface area contributed by atoms with Gasteiger partial charge in [-0.3, -0.25) is 20.2 Å². The normalized spacial score (nSPS) is 20.6. The molecule has 0 saturated heterocycles. The second-order valence-corrected chi connectivity index (χ2v) is 32.2. The Hall–Kier alpha value is -7.26. The van der Waals surface area contributed by atoms with E-state index < -0.39 is 15.6 Å². The second kappa shape index (κ2) is 23.2. The van der Waals surface area contributed by atoms with Gasteiger partial charge in [-0.25, -0.2) is 0 Å². The molecular formula is C70H68Br2F12N6O4P2. The zero-order valence-electron chi connectivity index (χ0n) is 53.0. The van der Waals surface area contributed by atoms with Gasteiger partial charge < -0.3 is 9.80 Å². The number of hydrogen-bond donors (Lipinski definition) is 0. The van der Waals surface area contributed by atoms with Gasteiger partial charge in [0.25, 0.3) is 11.4 Å². The van der Waals surface area contributed by atoms with Gasteiger partial charge in [0.2, 0.25) is 11.4 Å². The molecule has 0 unspecified atom stereocenters. The van der Waals surface area contributed by atoms with Gasteiger partial charge in [0.15, 0.2) is 24.5 Å². The fourth-order valence-corrected chi connectivity index (χ4v) is 16.7. The molecule has 96 heavy (non-hydrogen) atoms. The molecule has 2 fully saturated rings. The van der Waals surface area contributed by atoms with Crippen LogP contribution in [0.5, 0.6) is 0 Å². The number of rotatable bonds is 10. The molecule has 7 aromatic rings. The van der Waals surface area contributed by atoms with E-state index in [4.69, 9.17) is 0 Å². The molecule has 0 N–H and O–H groups in total. The summed E-state index contributed by atoms with van der Waals surface area (Å²) in [6.45, 7) is 10.8. The number of halogens is 14. The Labute approximate surface area is 563 Å². The number of nitrogens with zero attached hydrogens (tertiary/aromatic N) is 6. The molecule has 26 heteroatoms. The summed E-state index contributed by atoms with van der Waals surface area (Å²) in [5, 5.41) is 29.5. The number of benzene rings is 7. The van der Waals surface area contributed by atoms with Crippen molar-refractivity contribution in [2.24, 2.45) is 0 Å². The van der Waals surface area contributed by atoms with Gasteiger partial charge in [-0.2, -0.15) is 9.15 Å². The van der Waals surface area contributed by atoms with Crippen molar-refractivity contribution < 1.29 is 69.4 Å². The quantitative estimate of drug-likeness (QED) is 0.0445. The molecule has 2 aliphatic carbocycles. The predicted molar refractivity (Wildman–Crippen MR) is 367 cm³/mol. The van der Waals surface area contributed by atoms with Gasteiger partial charge in [0.1, 0.15) is 0 Å². The van der Waals surface area contributed by atoms with E-state index in [1.165, 1.54) is 90.8 Å². The Morgan fingerprint density at radius 3 is 1.14 bits per heavy atom. The van der Waals surface area contributed by atoms with Crippen LogP contribution in [-0.4, -0.2) is 44.5 Å². The molecule has 2 saturated carbocycles. The van der Waals surface area contributed by atoms with Crippen molar-refractivity contribution in [2.75, 3.05) is 23.9 Å². The Balaban J connectivity index is 0.000000605. The molecule has 13 rings (SSSR count). The molecule has 2 spiro atoms. The summed E-state index contributed by atoms with van der Waals surface area (Å²) in [5.74, 6) is 0. The Morgan fingerprint density at radius 1 is 0.490 bits per heavy atom. The van der Waals surface area contributed by atoms with Crippen LogP contribution in [0.15, 0.2) is 178 Å².